The quantitative estimate of drug-likeness (QED) is 0.533. The average Bonchev–Trinajstić information content (AvgIpc) is 3.08. The minimum absolute atomic E-state index is 0.0536. The summed E-state index contributed by atoms with van der Waals surface area (Å²) in [4.78, 5) is 15.9. The zero-order valence-corrected chi connectivity index (χ0v) is 15.7. The number of fused-ring (bicyclic) bond motifs is 1. The number of aromatic nitrogens is 1. The molecule has 0 saturated heterocycles. The Labute approximate surface area is 155 Å². The molecule has 1 heterocycles. The number of hydrogen-bond donors (Lipinski definition) is 2. The molecule has 3 aromatic rings. The zero-order valence-electron chi connectivity index (χ0n) is 15.7. The highest BCUT2D eigenvalue weighted by atomic mass is 16.1. The molecule has 0 fully saturated rings. The summed E-state index contributed by atoms with van der Waals surface area (Å²) in [6.45, 7) is 5.03. The third kappa shape index (κ3) is 4.34. The van der Waals surface area contributed by atoms with Crippen LogP contribution in [0.3, 0.4) is 0 Å². The summed E-state index contributed by atoms with van der Waals surface area (Å²) in [6.07, 6.45) is 5.89. The van der Waals surface area contributed by atoms with Crippen LogP contribution in [0, 0.1) is 6.92 Å². The molecule has 0 unspecified atom stereocenters. The lowest BCUT2D eigenvalue weighted by molar-refractivity contribution is -0.121. The van der Waals surface area contributed by atoms with Gasteiger partial charge in [0.1, 0.15) is 0 Å². The number of H-pyrrole nitrogens is 1. The van der Waals surface area contributed by atoms with Crippen LogP contribution in [-0.2, 0) is 4.79 Å². The molecule has 1 atom stereocenters. The number of unbranched alkanes of at least 4 members (excludes halogenated alkanes) is 2. The number of para-hydroxylation sites is 1. The number of aryl methyl sites for hydroxylation is 1. The van der Waals surface area contributed by atoms with E-state index in [1.165, 1.54) is 22.1 Å². The van der Waals surface area contributed by atoms with Gasteiger partial charge in [0.15, 0.2) is 0 Å². The number of aromatic amines is 1. The van der Waals surface area contributed by atoms with Gasteiger partial charge in [-0.15, -0.1) is 0 Å². The number of nitrogens with one attached hydrogen (secondary N) is 2. The van der Waals surface area contributed by atoms with Crippen molar-refractivity contribution in [3.8, 4) is 0 Å². The van der Waals surface area contributed by atoms with E-state index < -0.39 is 0 Å². The largest absolute Gasteiger partial charge is 0.361 e. The Morgan fingerprint density at radius 3 is 2.62 bits per heavy atom. The van der Waals surface area contributed by atoms with Crippen LogP contribution in [0.5, 0.6) is 0 Å². The molecule has 136 valence electrons. The summed E-state index contributed by atoms with van der Waals surface area (Å²) in [6, 6.07) is 16.8. The lowest BCUT2D eigenvalue weighted by atomic mass is 9.87. The van der Waals surface area contributed by atoms with E-state index in [0.717, 1.165) is 31.3 Å². The number of hydrogen-bond acceptors (Lipinski definition) is 1. The lowest BCUT2D eigenvalue weighted by Gasteiger charge is -2.17. The molecule has 3 rings (SSSR count). The number of carbonyl (C=O) groups is 1. The molecule has 2 N–H and O–H groups in total. The van der Waals surface area contributed by atoms with Crippen molar-refractivity contribution in [2.75, 3.05) is 6.54 Å². The average molecular weight is 348 g/mol. The fourth-order valence-electron chi connectivity index (χ4n) is 3.45. The molecular formula is C23H28N2O. The molecule has 0 radical (unpaired) electrons. The molecule has 3 heteroatoms. The summed E-state index contributed by atoms with van der Waals surface area (Å²) in [7, 11) is 0. The molecule has 2 aromatic carbocycles. The van der Waals surface area contributed by atoms with E-state index in [4.69, 9.17) is 0 Å². The van der Waals surface area contributed by atoms with Crippen LogP contribution >= 0.6 is 0 Å². The Hall–Kier alpha value is -2.55. The summed E-state index contributed by atoms with van der Waals surface area (Å²) in [5, 5.41) is 4.28. The van der Waals surface area contributed by atoms with Gasteiger partial charge in [0.25, 0.3) is 0 Å². The smallest absolute Gasteiger partial charge is 0.220 e. The van der Waals surface area contributed by atoms with Crippen molar-refractivity contribution in [2.45, 2.75) is 45.4 Å². The predicted molar refractivity (Wildman–Crippen MR) is 108 cm³/mol. The fourth-order valence-corrected chi connectivity index (χ4v) is 3.45. The molecule has 0 saturated carbocycles. The molecular weight excluding hydrogens is 320 g/mol. The number of benzene rings is 2. The van der Waals surface area contributed by atoms with Crippen LogP contribution in [0.4, 0.5) is 0 Å². The first kappa shape index (κ1) is 18.2. The number of amides is 1. The first-order valence-corrected chi connectivity index (χ1v) is 9.58. The van der Waals surface area contributed by atoms with Crippen molar-refractivity contribution < 1.29 is 4.79 Å². The first-order chi connectivity index (χ1) is 12.7. The Morgan fingerprint density at radius 1 is 1.08 bits per heavy atom. The Kier molecular flexibility index (Phi) is 6.11. The Bertz CT molecular complexity index is 848. The van der Waals surface area contributed by atoms with Crippen LogP contribution in [0.15, 0.2) is 54.7 Å². The molecule has 0 aliphatic heterocycles. The van der Waals surface area contributed by atoms with E-state index in [9.17, 15) is 4.79 Å². The highest BCUT2D eigenvalue weighted by molar-refractivity contribution is 5.86. The van der Waals surface area contributed by atoms with Gasteiger partial charge in [0.2, 0.25) is 5.91 Å². The van der Waals surface area contributed by atoms with Crippen LogP contribution < -0.4 is 5.32 Å². The minimum Gasteiger partial charge on any atom is -0.361 e. The second kappa shape index (κ2) is 8.70. The van der Waals surface area contributed by atoms with Gasteiger partial charge < -0.3 is 10.3 Å². The standard InChI is InChI=1S/C23H28N2O/c1-3-4-7-14-24-23(26)15-20(18-12-10-17(2)11-13-18)21-16-25-22-9-6-5-8-19(21)22/h5-6,8-13,16,20,25H,3-4,7,14-15H2,1-2H3,(H,24,26)/t20-/m0/s1. The van der Waals surface area contributed by atoms with E-state index >= 15 is 0 Å². The Balaban J connectivity index is 1.85. The van der Waals surface area contributed by atoms with Gasteiger partial charge in [-0.1, -0.05) is 67.8 Å². The Morgan fingerprint density at radius 2 is 1.85 bits per heavy atom. The zero-order chi connectivity index (χ0) is 18.4. The van der Waals surface area contributed by atoms with E-state index in [0.29, 0.717) is 6.42 Å². The van der Waals surface area contributed by atoms with Gasteiger partial charge in [0, 0.05) is 36.0 Å². The summed E-state index contributed by atoms with van der Waals surface area (Å²) < 4.78 is 0. The van der Waals surface area contributed by atoms with Crippen molar-refractivity contribution in [1.29, 1.82) is 0 Å². The predicted octanol–water partition coefficient (Wildman–Crippen LogP) is 5.30. The van der Waals surface area contributed by atoms with E-state index in [2.05, 4.69) is 72.8 Å². The van der Waals surface area contributed by atoms with E-state index in [1.807, 2.05) is 6.07 Å². The molecule has 1 aromatic heterocycles. The van der Waals surface area contributed by atoms with Gasteiger partial charge in [-0.25, -0.2) is 0 Å². The molecule has 1 amide bonds. The second-order valence-electron chi connectivity index (χ2n) is 7.01. The monoisotopic (exact) mass is 348 g/mol. The maximum absolute atomic E-state index is 12.6. The third-order valence-electron chi connectivity index (χ3n) is 4.97. The van der Waals surface area contributed by atoms with Crippen LogP contribution in [0.1, 0.15) is 55.2 Å². The third-order valence-corrected chi connectivity index (χ3v) is 4.97. The van der Waals surface area contributed by atoms with Crippen LogP contribution in [0.25, 0.3) is 10.9 Å². The molecule has 3 nitrogen and oxygen atoms in total. The molecule has 26 heavy (non-hydrogen) atoms. The van der Waals surface area contributed by atoms with Gasteiger partial charge in [-0.05, 0) is 30.5 Å². The highest BCUT2D eigenvalue weighted by Crippen LogP contribution is 2.33. The molecule has 0 spiro atoms. The number of rotatable bonds is 8. The molecule has 0 aliphatic rings. The molecule has 0 aliphatic carbocycles. The SMILES string of the molecule is CCCCCNC(=O)C[C@@H](c1ccc(C)cc1)c1c[nH]c2ccccc12. The van der Waals surface area contributed by atoms with Crippen molar-refractivity contribution in [2.24, 2.45) is 0 Å². The number of carbonyl (C=O) groups excluding carboxylic acids is 1. The van der Waals surface area contributed by atoms with Crippen molar-refractivity contribution in [3.05, 3.63) is 71.4 Å². The van der Waals surface area contributed by atoms with E-state index in [1.54, 1.807) is 0 Å². The summed E-state index contributed by atoms with van der Waals surface area (Å²) in [5.41, 5.74) is 4.72. The lowest BCUT2D eigenvalue weighted by Crippen LogP contribution is -2.26. The second-order valence-corrected chi connectivity index (χ2v) is 7.01. The molecule has 0 bridgehead atoms. The van der Waals surface area contributed by atoms with Crippen LogP contribution in [-0.4, -0.2) is 17.4 Å². The van der Waals surface area contributed by atoms with Gasteiger partial charge >= 0.3 is 0 Å². The van der Waals surface area contributed by atoms with Gasteiger partial charge in [-0.3, -0.25) is 4.79 Å². The van der Waals surface area contributed by atoms with E-state index in [-0.39, 0.29) is 11.8 Å². The summed E-state index contributed by atoms with van der Waals surface area (Å²) >= 11 is 0. The topological polar surface area (TPSA) is 44.9 Å². The maximum atomic E-state index is 12.6. The van der Waals surface area contributed by atoms with Gasteiger partial charge in [0.05, 0.1) is 0 Å². The summed E-state index contributed by atoms with van der Waals surface area (Å²) in [5.74, 6) is 0.176. The van der Waals surface area contributed by atoms with Crippen molar-refractivity contribution >= 4 is 16.8 Å². The minimum atomic E-state index is 0.0536. The first-order valence-electron chi connectivity index (χ1n) is 9.58. The highest BCUT2D eigenvalue weighted by Gasteiger charge is 2.21. The fraction of sp³-hybridized carbons (Fsp3) is 0.348. The van der Waals surface area contributed by atoms with Crippen LogP contribution in [0.2, 0.25) is 0 Å². The normalized spacial score (nSPS) is 12.2. The maximum Gasteiger partial charge on any atom is 0.220 e. The van der Waals surface area contributed by atoms with Crippen molar-refractivity contribution in [1.82, 2.24) is 10.3 Å². The van der Waals surface area contributed by atoms with Crippen molar-refractivity contribution in [3.63, 3.8) is 0 Å². The van der Waals surface area contributed by atoms with Gasteiger partial charge in [-0.2, -0.15) is 0 Å².